The molecule has 0 aromatic heterocycles. The lowest BCUT2D eigenvalue weighted by atomic mass is 9.87. The molecule has 0 aliphatic rings. The Kier molecular flexibility index (Phi) is 5.13. The first-order chi connectivity index (χ1) is 7.47. The van der Waals surface area contributed by atoms with Gasteiger partial charge in [0.2, 0.25) is 5.91 Å². The van der Waals surface area contributed by atoms with Gasteiger partial charge in [0.25, 0.3) is 0 Å². The monoisotopic (exact) mass is 245 g/mol. The molecule has 0 aromatic carbocycles. The number of carbonyl (C=O) groups excluding carboxylic acids is 2. The van der Waals surface area contributed by atoms with Gasteiger partial charge in [-0.1, -0.05) is 0 Å². The van der Waals surface area contributed by atoms with E-state index in [2.05, 4.69) is 5.32 Å². The predicted octanol–water partition coefficient (Wildman–Crippen LogP) is 0.851. The van der Waals surface area contributed by atoms with E-state index in [9.17, 15) is 14.7 Å². The third kappa shape index (κ3) is 6.26. The molecule has 1 atom stereocenters. The molecular formula is C12H23NO4. The van der Waals surface area contributed by atoms with Crippen LogP contribution < -0.4 is 5.32 Å². The smallest absolute Gasteiger partial charge is 0.307 e. The van der Waals surface area contributed by atoms with Crippen molar-refractivity contribution >= 4 is 11.9 Å². The maximum absolute atomic E-state index is 11.6. The molecule has 17 heavy (non-hydrogen) atoms. The van der Waals surface area contributed by atoms with E-state index in [1.807, 2.05) is 0 Å². The number of esters is 1. The van der Waals surface area contributed by atoms with Gasteiger partial charge < -0.3 is 15.2 Å². The molecule has 0 rings (SSSR count). The first-order valence-electron chi connectivity index (χ1n) is 5.63. The fraction of sp³-hybridized carbons (Fsp3) is 0.833. The van der Waals surface area contributed by atoms with E-state index >= 15 is 0 Å². The van der Waals surface area contributed by atoms with E-state index in [-0.39, 0.29) is 12.3 Å². The number of carbonyl (C=O) groups is 2. The molecule has 5 heteroatoms. The van der Waals surface area contributed by atoms with Crippen LogP contribution in [0, 0.1) is 5.92 Å². The number of hydrogen-bond donors (Lipinski definition) is 2. The second-order valence-electron chi connectivity index (χ2n) is 5.61. The van der Waals surface area contributed by atoms with Crippen LogP contribution in [-0.4, -0.2) is 35.2 Å². The van der Waals surface area contributed by atoms with Crippen molar-refractivity contribution in [1.82, 2.24) is 5.32 Å². The topological polar surface area (TPSA) is 75.6 Å². The molecule has 1 unspecified atom stereocenters. The average Bonchev–Trinajstić information content (AvgIpc) is 2.08. The molecule has 0 aliphatic heterocycles. The summed E-state index contributed by atoms with van der Waals surface area (Å²) >= 11 is 0. The highest BCUT2D eigenvalue weighted by Gasteiger charge is 2.35. The maximum Gasteiger partial charge on any atom is 0.307 e. The van der Waals surface area contributed by atoms with Crippen LogP contribution in [-0.2, 0) is 14.3 Å². The van der Waals surface area contributed by atoms with Crippen LogP contribution in [0.25, 0.3) is 0 Å². The summed E-state index contributed by atoms with van der Waals surface area (Å²) in [7, 11) is 1.47. The van der Waals surface area contributed by atoms with Crippen LogP contribution in [0.5, 0.6) is 0 Å². The summed E-state index contributed by atoms with van der Waals surface area (Å²) in [6.07, 6.45) is -0.138. The normalized spacial score (nSPS) is 14.1. The van der Waals surface area contributed by atoms with Gasteiger partial charge in [-0.25, -0.2) is 0 Å². The van der Waals surface area contributed by atoms with E-state index < -0.39 is 23.1 Å². The number of nitrogens with one attached hydrogen (secondary N) is 1. The highest BCUT2D eigenvalue weighted by Crippen LogP contribution is 2.22. The summed E-state index contributed by atoms with van der Waals surface area (Å²) in [5, 5.41) is 12.3. The lowest BCUT2D eigenvalue weighted by Gasteiger charge is -2.28. The summed E-state index contributed by atoms with van der Waals surface area (Å²) in [6, 6.07) is 0. The van der Waals surface area contributed by atoms with Crippen molar-refractivity contribution in [2.45, 2.75) is 52.2 Å². The molecule has 0 radical (unpaired) electrons. The van der Waals surface area contributed by atoms with Gasteiger partial charge in [-0.15, -0.1) is 0 Å². The standard InChI is InChI=1S/C12H23NO4/c1-11(2,3)17-9(14)7-8(10(15)13-6)12(4,5)16/h8,16H,7H2,1-6H3,(H,13,15). The molecular weight excluding hydrogens is 222 g/mol. The van der Waals surface area contributed by atoms with Gasteiger partial charge in [0, 0.05) is 7.05 Å². The van der Waals surface area contributed by atoms with E-state index in [0.29, 0.717) is 0 Å². The Labute approximate surface area is 103 Å². The molecule has 0 fully saturated rings. The van der Waals surface area contributed by atoms with Gasteiger partial charge in [-0.3, -0.25) is 9.59 Å². The lowest BCUT2D eigenvalue weighted by molar-refractivity contribution is -0.160. The van der Waals surface area contributed by atoms with Crippen molar-refractivity contribution in [3.05, 3.63) is 0 Å². The average molecular weight is 245 g/mol. The molecule has 100 valence electrons. The van der Waals surface area contributed by atoms with Gasteiger partial charge >= 0.3 is 5.97 Å². The van der Waals surface area contributed by atoms with E-state index in [1.165, 1.54) is 20.9 Å². The summed E-state index contributed by atoms with van der Waals surface area (Å²) in [5.41, 5.74) is -1.86. The fourth-order valence-electron chi connectivity index (χ4n) is 1.39. The number of rotatable bonds is 4. The number of ether oxygens (including phenoxy) is 1. The minimum Gasteiger partial charge on any atom is -0.460 e. The Morgan fingerprint density at radius 2 is 1.71 bits per heavy atom. The van der Waals surface area contributed by atoms with Crippen LogP contribution in [0.3, 0.4) is 0 Å². The SMILES string of the molecule is CNC(=O)C(CC(=O)OC(C)(C)C)C(C)(C)O. The first kappa shape index (κ1) is 15.9. The van der Waals surface area contributed by atoms with Crippen LogP contribution in [0.2, 0.25) is 0 Å². The Morgan fingerprint density at radius 3 is 2.00 bits per heavy atom. The van der Waals surface area contributed by atoms with Crippen molar-refractivity contribution in [2.24, 2.45) is 5.92 Å². The zero-order valence-corrected chi connectivity index (χ0v) is 11.5. The molecule has 0 heterocycles. The Balaban J connectivity index is 4.67. The van der Waals surface area contributed by atoms with Crippen LogP contribution in [0.1, 0.15) is 41.0 Å². The third-order valence-electron chi connectivity index (χ3n) is 2.21. The molecule has 1 amide bonds. The van der Waals surface area contributed by atoms with Gasteiger partial charge in [-0.2, -0.15) is 0 Å². The summed E-state index contributed by atoms with van der Waals surface area (Å²) in [6.45, 7) is 8.26. The minimum atomic E-state index is -1.27. The quantitative estimate of drug-likeness (QED) is 0.720. The van der Waals surface area contributed by atoms with E-state index in [4.69, 9.17) is 4.74 Å². The Bertz CT molecular complexity index is 286. The molecule has 2 N–H and O–H groups in total. The van der Waals surface area contributed by atoms with Crippen molar-refractivity contribution in [2.75, 3.05) is 7.05 Å². The molecule has 0 spiro atoms. The van der Waals surface area contributed by atoms with Gasteiger partial charge in [0.05, 0.1) is 17.9 Å². The Morgan fingerprint density at radius 1 is 1.24 bits per heavy atom. The van der Waals surface area contributed by atoms with Crippen molar-refractivity contribution in [3.8, 4) is 0 Å². The molecule has 0 bridgehead atoms. The molecule has 5 nitrogen and oxygen atoms in total. The van der Waals surface area contributed by atoms with Crippen LogP contribution >= 0.6 is 0 Å². The fourth-order valence-corrected chi connectivity index (χ4v) is 1.39. The molecule has 0 saturated carbocycles. The van der Waals surface area contributed by atoms with Crippen molar-refractivity contribution < 1.29 is 19.4 Å². The van der Waals surface area contributed by atoms with Gasteiger partial charge in [-0.05, 0) is 34.6 Å². The summed E-state index contributed by atoms with van der Waals surface area (Å²) < 4.78 is 5.13. The number of hydrogen-bond acceptors (Lipinski definition) is 4. The van der Waals surface area contributed by atoms with Gasteiger partial charge in [0.15, 0.2) is 0 Å². The molecule has 0 aliphatic carbocycles. The Hall–Kier alpha value is -1.10. The van der Waals surface area contributed by atoms with E-state index in [0.717, 1.165) is 0 Å². The number of amides is 1. The maximum atomic E-state index is 11.6. The van der Waals surface area contributed by atoms with Gasteiger partial charge in [0.1, 0.15) is 5.60 Å². The summed E-state index contributed by atoms with van der Waals surface area (Å²) in [4.78, 5) is 23.2. The summed E-state index contributed by atoms with van der Waals surface area (Å²) in [5.74, 6) is -1.68. The second kappa shape index (κ2) is 5.49. The highest BCUT2D eigenvalue weighted by atomic mass is 16.6. The van der Waals surface area contributed by atoms with E-state index in [1.54, 1.807) is 20.8 Å². The van der Waals surface area contributed by atoms with Crippen LogP contribution in [0.4, 0.5) is 0 Å². The van der Waals surface area contributed by atoms with Crippen molar-refractivity contribution in [1.29, 1.82) is 0 Å². The minimum absolute atomic E-state index is 0.138. The number of aliphatic hydroxyl groups is 1. The second-order valence-corrected chi connectivity index (χ2v) is 5.61. The predicted molar refractivity (Wildman–Crippen MR) is 64.3 cm³/mol. The van der Waals surface area contributed by atoms with Crippen molar-refractivity contribution in [3.63, 3.8) is 0 Å². The third-order valence-corrected chi connectivity index (χ3v) is 2.21. The molecule has 0 aromatic rings. The first-order valence-corrected chi connectivity index (χ1v) is 5.63. The van der Waals surface area contributed by atoms with Crippen LogP contribution in [0.15, 0.2) is 0 Å². The zero-order valence-electron chi connectivity index (χ0n) is 11.5. The highest BCUT2D eigenvalue weighted by molar-refractivity contribution is 5.84. The lowest BCUT2D eigenvalue weighted by Crippen LogP contribution is -2.44. The zero-order chi connectivity index (χ0) is 13.9. The molecule has 0 saturated heterocycles. The largest absolute Gasteiger partial charge is 0.460 e.